The third-order valence-electron chi connectivity index (χ3n) is 6.56. The van der Waals surface area contributed by atoms with Crippen molar-refractivity contribution in [2.45, 2.75) is 43.6 Å². The van der Waals surface area contributed by atoms with Crippen LogP contribution in [0.25, 0.3) is 0 Å². The van der Waals surface area contributed by atoms with Gasteiger partial charge < -0.3 is 9.88 Å². The average molecular weight is 514 g/mol. The van der Waals surface area contributed by atoms with Gasteiger partial charge in [0.2, 0.25) is 0 Å². The van der Waals surface area contributed by atoms with Crippen molar-refractivity contribution in [1.82, 2.24) is 14.9 Å². The lowest BCUT2D eigenvalue weighted by Crippen LogP contribution is -2.42. The number of aryl methyl sites for hydroxylation is 1. The maximum Gasteiger partial charge on any atom is 0.350 e. The normalized spacial score (nSPS) is 17.2. The van der Waals surface area contributed by atoms with Gasteiger partial charge in [0.15, 0.2) is 0 Å². The molecular weight excluding hydrogens is 492 g/mol. The van der Waals surface area contributed by atoms with Crippen molar-refractivity contribution in [2.75, 3.05) is 6.54 Å². The zero-order chi connectivity index (χ0) is 23.2. The van der Waals surface area contributed by atoms with Gasteiger partial charge in [0.25, 0.3) is 11.5 Å². The number of nitrogens with one attached hydrogen (secondary N) is 1. The van der Waals surface area contributed by atoms with Crippen LogP contribution >= 0.6 is 15.9 Å². The lowest BCUT2D eigenvalue weighted by Gasteiger charge is -2.26. The van der Waals surface area contributed by atoms with Crippen molar-refractivity contribution in [2.24, 2.45) is 0 Å². The molecule has 1 amide bonds. The Bertz CT molecular complexity index is 1270. The van der Waals surface area contributed by atoms with E-state index in [1.807, 2.05) is 30.3 Å². The Hall–Kier alpha value is -2.87. The van der Waals surface area contributed by atoms with E-state index in [0.29, 0.717) is 34.4 Å². The largest absolute Gasteiger partial charge is 0.350 e. The molecule has 1 aromatic heterocycles. The molecule has 2 heterocycles. The average Bonchev–Trinajstić information content (AvgIpc) is 3.63. The first-order valence-electron chi connectivity index (χ1n) is 10.9. The number of carbonyl (C=O) groups is 1. The second-order valence-corrected chi connectivity index (χ2v) is 9.62. The van der Waals surface area contributed by atoms with E-state index in [1.54, 1.807) is 6.07 Å². The summed E-state index contributed by atoms with van der Waals surface area (Å²) in [6, 6.07) is 15.5. The first-order chi connectivity index (χ1) is 15.8. The summed E-state index contributed by atoms with van der Waals surface area (Å²) in [4.78, 5) is 34.7. The van der Waals surface area contributed by atoms with Crippen LogP contribution in [0, 0.1) is 0 Å². The van der Waals surface area contributed by atoms with E-state index in [-0.39, 0.29) is 29.6 Å². The number of rotatable bonds is 4. The molecule has 0 spiro atoms. The van der Waals surface area contributed by atoms with E-state index in [1.165, 1.54) is 18.2 Å². The van der Waals surface area contributed by atoms with E-state index in [9.17, 15) is 9.59 Å². The summed E-state index contributed by atoms with van der Waals surface area (Å²) >= 11 is 3.18. The summed E-state index contributed by atoms with van der Waals surface area (Å²) in [5, 5.41) is 0. The van der Waals surface area contributed by atoms with Gasteiger partial charge in [0.05, 0.1) is 23.2 Å². The third kappa shape index (κ3) is 3.90. The van der Waals surface area contributed by atoms with Crippen molar-refractivity contribution < 1.29 is 13.6 Å². The third-order valence-corrected chi connectivity index (χ3v) is 7.06. The number of hydrogen-bond acceptors (Lipinski definition) is 3. The van der Waals surface area contributed by atoms with Crippen molar-refractivity contribution in [3.63, 3.8) is 0 Å². The molecule has 170 valence electrons. The monoisotopic (exact) mass is 513 g/mol. The number of H-pyrrole nitrogens is 1. The number of carbonyl (C=O) groups excluding carboxylic acids is 1. The Labute approximate surface area is 198 Å². The Morgan fingerprint density at radius 1 is 1.12 bits per heavy atom. The highest BCUT2D eigenvalue weighted by molar-refractivity contribution is 9.10. The fourth-order valence-corrected chi connectivity index (χ4v) is 4.97. The quantitative estimate of drug-likeness (QED) is 0.550. The first-order valence-corrected chi connectivity index (χ1v) is 11.7. The fraction of sp³-hybridized carbons (Fsp3) is 0.320. The van der Waals surface area contributed by atoms with Crippen LogP contribution in [0.5, 0.6) is 0 Å². The number of nitrogens with zero attached hydrogens (tertiary/aromatic N) is 2. The molecule has 0 unspecified atom stereocenters. The molecule has 1 fully saturated rings. The topological polar surface area (TPSA) is 66.1 Å². The van der Waals surface area contributed by atoms with Crippen molar-refractivity contribution in [1.29, 1.82) is 0 Å². The van der Waals surface area contributed by atoms with Gasteiger partial charge in [-0.2, -0.15) is 8.78 Å². The SMILES string of the molecule is O=C(N1CCCc2nc(C3(c4ccccc4)CC3)[nH]c(=O)c2C1)C(F)(F)c1cccc(Br)c1. The summed E-state index contributed by atoms with van der Waals surface area (Å²) in [6.45, 7) is -0.0455. The van der Waals surface area contributed by atoms with E-state index in [4.69, 9.17) is 4.98 Å². The van der Waals surface area contributed by atoms with Crippen molar-refractivity contribution in [3.05, 3.63) is 97.6 Å². The highest BCUT2D eigenvalue weighted by atomic mass is 79.9. The summed E-state index contributed by atoms with van der Waals surface area (Å²) in [6.07, 6.45) is 2.70. The highest BCUT2D eigenvalue weighted by Gasteiger charge is 2.49. The lowest BCUT2D eigenvalue weighted by molar-refractivity contribution is -0.159. The molecule has 33 heavy (non-hydrogen) atoms. The predicted molar refractivity (Wildman–Crippen MR) is 123 cm³/mol. The second kappa shape index (κ2) is 8.17. The number of benzene rings is 2. The maximum absolute atomic E-state index is 15.0. The van der Waals surface area contributed by atoms with Crippen LogP contribution < -0.4 is 5.56 Å². The van der Waals surface area contributed by atoms with Gasteiger partial charge in [0, 0.05) is 16.6 Å². The minimum absolute atomic E-state index is 0.136. The van der Waals surface area contributed by atoms with Gasteiger partial charge in [0.1, 0.15) is 5.82 Å². The smallest absolute Gasteiger partial charge is 0.333 e. The van der Waals surface area contributed by atoms with Crippen LogP contribution in [-0.2, 0) is 29.1 Å². The van der Waals surface area contributed by atoms with Crippen LogP contribution in [0.1, 0.15) is 47.5 Å². The molecule has 1 N–H and O–H groups in total. The minimum atomic E-state index is -3.69. The molecule has 0 atom stereocenters. The molecule has 1 aliphatic carbocycles. The summed E-state index contributed by atoms with van der Waals surface area (Å²) in [5.41, 5.74) is 0.947. The number of fused-ring (bicyclic) bond motifs is 1. The van der Waals surface area contributed by atoms with E-state index in [0.717, 1.165) is 23.3 Å². The van der Waals surface area contributed by atoms with Gasteiger partial charge in [-0.15, -0.1) is 0 Å². The molecular formula is C25H22BrF2N3O2. The van der Waals surface area contributed by atoms with E-state index >= 15 is 8.78 Å². The summed E-state index contributed by atoms with van der Waals surface area (Å²) < 4.78 is 30.5. The molecule has 3 aromatic rings. The predicted octanol–water partition coefficient (Wildman–Crippen LogP) is 4.68. The van der Waals surface area contributed by atoms with Crippen LogP contribution in [0.2, 0.25) is 0 Å². The van der Waals surface area contributed by atoms with Crippen LogP contribution in [0.4, 0.5) is 8.78 Å². The van der Waals surface area contributed by atoms with E-state index in [2.05, 4.69) is 20.9 Å². The van der Waals surface area contributed by atoms with Crippen LogP contribution in [-0.4, -0.2) is 27.3 Å². The molecule has 2 aromatic carbocycles. The molecule has 5 rings (SSSR count). The molecule has 8 heteroatoms. The zero-order valence-corrected chi connectivity index (χ0v) is 19.4. The zero-order valence-electron chi connectivity index (χ0n) is 17.8. The lowest BCUT2D eigenvalue weighted by atomic mass is 9.94. The van der Waals surface area contributed by atoms with Crippen LogP contribution in [0.15, 0.2) is 63.9 Å². The highest BCUT2D eigenvalue weighted by Crippen LogP contribution is 2.52. The number of alkyl halides is 2. The number of aromatic amines is 1. The Morgan fingerprint density at radius 3 is 2.58 bits per heavy atom. The molecule has 0 radical (unpaired) electrons. The van der Waals surface area contributed by atoms with Gasteiger partial charge in [-0.3, -0.25) is 9.59 Å². The van der Waals surface area contributed by atoms with Gasteiger partial charge in [-0.05, 0) is 43.4 Å². The Kier molecular flexibility index (Phi) is 5.43. The van der Waals surface area contributed by atoms with Crippen molar-refractivity contribution in [3.8, 4) is 0 Å². The number of halogens is 3. The maximum atomic E-state index is 15.0. The molecule has 1 aliphatic heterocycles. The van der Waals surface area contributed by atoms with Crippen LogP contribution in [0.3, 0.4) is 0 Å². The van der Waals surface area contributed by atoms with Gasteiger partial charge in [-0.1, -0.05) is 58.4 Å². The molecule has 1 saturated carbocycles. The fourth-order valence-electron chi connectivity index (χ4n) is 4.57. The first kappa shape index (κ1) is 21.9. The Balaban J connectivity index is 1.45. The summed E-state index contributed by atoms with van der Waals surface area (Å²) in [5.74, 6) is -4.38. The van der Waals surface area contributed by atoms with Gasteiger partial charge >= 0.3 is 5.92 Å². The number of hydrogen-bond donors (Lipinski definition) is 1. The standard InChI is InChI=1S/C25H22BrF2N3O2/c26-18-9-4-8-17(14-18)25(27,28)23(33)31-13-5-10-20-19(15-31)21(32)30-22(29-20)24(11-12-24)16-6-2-1-3-7-16/h1-4,6-9,14H,5,10-13,15H2,(H,29,30,32). The number of amides is 1. The van der Waals surface area contributed by atoms with Crippen molar-refractivity contribution >= 4 is 21.8 Å². The molecule has 0 saturated heterocycles. The minimum Gasteiger partial charge on any atom is -0.333 e. The molecule has 0 bridgehead atoms. The van der Waals surface area contributed by atoms with Gasteiger partial charge in [-0.25, -0.2) is 4.98 Å². The summed E-state index contributed by atoms with van der Waals surface area (Å²) in [7, 11) is 0. The number of aromatic nitrogens is 2. The van der Waals surface area contributed by atoms with E-state index < -0.39 is 11.8 Å². The second-order valence-electron chi connectivity index (χ2n) is 8.70. The Morgan fingerprint density at radius 2 is 1.88 bits per heavy atom. The molecule has 5 nitrogen and oxygen atoms in total. The molecule has 2 aliphatic rings.